The highest BCUT2D eigenvalue weighted by Gasteiger charge is 2.05. The zero-order chi connectivity index (χ0) is 14.8. The molecule has 3 rings (SSSR count). The van der Waals surface area contributed by atoms with Gasteiger partial charge in [-0.15, -0.1) is 0 Å². The Bertz CT molecular complexity index is 909. The normalized spacial score (nSPS) is 10.7. The van der Waals surface area contributed by atoms with Crippen LogP contribution in [0.15, 0.2) is 52.2 Å². The summed E-state index contributed by atoms with van der Waals surface area (Å²) in [5.74, 6) is 0. The van der Waals surface area contributed by atoms with Gasteiger partial charge in [-0.05, 0) is 36.1 Å². The lowest BCUT2D eigenvalue weighted by Gasteiger charge is -2.07. The van der Waals surface area contributed by atoms with Gasteiger partial charge >= 0.3 is 0 Å². The first-order valence-corrected chi connectivity index (χ1v) is 6.68. The summed E-state index contributed by atoms with van der Waals surface area (Å²) in [6.07, 6.45) is 1.57. The minimum atomic E-state index is -0.203. The fourth-order valence-corrected chi connectivity index (χ4v) is 2.31. The second-order valence-electron chi connectivity index (χ2n) is 4.93. The number of anilines is 1. The Hall–Kier alpha value is -2.82. The van der Waals surface area contributed by atoms with Crippen molar-refractivity contribution in [3.63, 3.8) is 0 Å². The number of aromatic amines is 2. The van der Waals surface area contributed by atoms with Crippen LogP contribution in [0.3, 0.4) is 0 Å². The Kier molecular flexibility index (Phi) is 3.31. The number of hydrogen-bond acceptors (Lipinski definition) is 3. The molecule has 0 aliphatic heterocycles. The van der Waals surface area contributed by atoms with Gasteiger partial charge < -0.3 is 15.3 Å². The Morgan fingerprint density at radius 2 is 1.95 bits per heavy atom. The summed E-state index contributed by atoms with van der Waals surface area (Å²) in [5, 5.41) is 3.97. The monoisotopic (exact) mass is 281 g/mol. The van der Waals surface area contributed by atoms with Crippen LogP contribution < -0.4 is 16.4 Å². The van der Waals surface area contributed by atoms with Gasteiger partial charge in [-0.25, -0.2) is 0 Å². The predicted octanol–water partition coefficient (Wildman–Crippen LogP) is 2.14. The summed E-state index contributed by atoms with van der Waals surface area (Å²) in [5.41, 5.74) is 2.58. The molecule has 2 aromatic heterocycles. The third-order valence-electron chi connectivity index (χ3n) is 3.45. The van der Waals surface area contributed by atoms with E-state index in [0.29, 0.717) is 17.8 Å². The van der Waals surface area contributed by atoms with Crippen LogP contribution in [0.4, 0.5) is 5.69 Å². The maximum absolute atomic E-state index is 12.1. The third-order valence-corrected chi connectivity index (χ3v) is 3.45. The van der Waals surface area contributed by atoms with Crippen molar-refractivity contribution < 1.29 is 0 Å². The molecule has 1 aromatic carbocycles. The van der Waals surface area contributed by atoms with E-state index in [4.69, 9.17) is 0 Å². The number of aryl methyl sites for hydroxylation is 1. The van der Waals surface area contributed by atoms with Crippen LogP contribution in [0, 0.1) is 6.92 Å². The summed E-state index contributed by atoms with van der Waals surface area (Å²) < 4.78 is 0. The molecule has 0 amide bonds. The van der Waals surface area contributed by atoms with Gasteiger partial charge in [-0.1, -0.05) is 18.2 Å². The molecule has 0 unspecified atom stereocenters. The SMILES string of the molecule is Cc1cccc2cc(CNc3ccc[nH]c3=O)c(=O)[nH]c12. The molecule has 0 spiro atoms. The van der Waals surface area contributed by atoms with E-state index in [9.17, 15) is 9.59 Å². The van der Waals surface area contributed by atoms with Crippen molar-refractivity contribution in [1.29, 1.82) is 0 Å². The highest BCUT2D eigenvalue weighted by Crippen LogP contribution is 2.15. The number of pyridine rings is 2. The van der Waals surface area contributed by atoms with Crippen molar-refractivity contribution in [3.8, 4) is 0 Å². The Morgan fingerprint density at radius 1 is 1.10 bits per heavy atom. The van der Waals surface area contributed by atoms with Crippen molar-refractivity contribution in [2.24, 2.45) is 0 Å². The summed E-state index contributed by atoms with van der Waals surface area (Å²) in [4.78, 5) is 29.2. The number of nitrogens with one attached hydrogen (secondary N) is 3. The van der Waals surface area contributed by atoms with Crippen LogP contribution in [-0.4, -0.2) is 9.97 Å². The maximum Gasteiger partial charge on any atom is 0.271 e. The highest BCUT2D eigenvalue weighted by molar-refractivity contribution is 5.81. The molecule has 0 aliphatic rings. The fourth-order valence-electron chi connectivity index (χ4n) is 2.31. The molecule has 2 heterocycles. The van der Waals surface area contributed by atoms with E-state index in [-0.39, 0.29) is 11.1 Å². The van der Waals surface area contributed by atoms with Crippen LogP contribution in [0.25, 0.3) is 10.9 Å². The minimum Gasteiger partial charge on any atom is -0.376 e. The molecule has 5 nitrogen and oxygen atoms in total. The lowest BCUT2D eigenvalue weighted by atomic mass is 10.1. The van der Waals surface area contributed by atoms with Gasteiger partial charge in [0.2, 0.25) is 0 Å². The van der Waals surface area contributed by atoms with Crippen LogP contribution >= 0.6 is 0 Å². The second kappa shape index (κ2) is 5.28. The summed E-state index contributed by atoms with van der Waals surface area (Å²) >= 11 is 0. The number of H-pyrrole nitrogens is 2. The Morgan fingerprint density at radius 3 is 2.76 bits per heavy atom. The van der Waals surface area contributed by atoms with Crippen molar-refractivity contribution in [2.45, 2.75) is 13.5 Å². The number of hydrogen-bond donors (Lipinski definition) is 3. The molecule has 21 heavy (non-hydrogen) atoms. The molecule has 0 aliphatic carbocycles. The first-order chi connectivity index (χ1) is 10.1. The van der Waals surface area contributed by atoms with Gasteiger partial charge in [-0.2, -0.15) is 0 Å². The van der Waals surface area contributed by atoms with Gasteiger partial charge in [-0.3, -0.25) is 9.59 Å². The molecule has 5 heteroatoms. The number of benzene rings is 1. The minimum absolute atomic E-state index is 0.142. The largest absolute Gasteiger partial charge is 0.376 e. The summed E-state index contributed by atoms with van der Waals surface area (Å²) in [7, 11) is 0. The molecule has 0 fully saturated rings. The van der Waals surface area contributed by atoms with Crippen molar-refractivity contribution >= 4 is 16.6 Å². The van der Waals surface area contributed by atoms with Gasteiger partial charge in [0.15, 0.2) is 0 Å². The Balaban J connectivity index is 1.95. The quantitative estimate of drug-likeness (QED) is 0.688. The van der Waals surface area contributed by atoms with Crippen LogP contribution in [0.5, 0.6) is 0 Å². The predicted molar refractivity (Wildman–Crippen MR) is 83.7 cm³/mol. The van der Waals surface area contributed by atoms with Crippen molar-refractivity contribution in [3.05, 3.63) is 74.4 Å². The highest BCUT2D eigenvalue weighted by atomic mass is 16.1. The molecule has 0 radical (unpaired) electrons. The molecule has 106 valence electrons. The lowest BCUT2D eigenvalue weighted by molar-refractivity contribution is 1.07. The van der Waals surface area contributed by atoms with E-state index in [1.165, 1.54) is 0 Å². The van der Waals surface area contributed by atoms with Gasteiger partial charge in [0.1, 0.15) is 5.69 Å². The van der Waals surface area contributed by atoms with E-state index in [1.54, 1.807) is 18.3 Å². The average Bonchev–Trinajstić information content (AvgIpc) is 2.48. The van der Waals surface area contributed by atoms with Crippen LogP contribution in [0.2, 0.25) is 0 Å². The number of aromatic nitrogens is 2. The van der Waals surface area contributed by atoms with E-state index in [0.717, 1.165) is 16.5 Å². The third kappa shape index (κ3) is 2.58. The zero-order valence-electron chi connectivity index (χ0n) is 11.6. The van der Waals surface area contributed by atoms with E-state index >= 15 is 0 Å². The fraction of sp³-hybridized carbons (Fsp3) is 0.125. The molecule has 0 saturated carbocycles. The first kappa shape index (κ1) is 13.2. The topological polar surface area (TPSA) is 77.8 Å². The zero-order valence-corrected chi connectivity index (χ0v) is 11.6. The van der Waals surface area contributed by atoms with Gasteiger partial charge in [0, 0.05) is 18.3 Å². The second-order valence-corrected chi connectivity index (χ2v) is 4.93. The van der Waals surface area contributed by atoms with E-state index in [2.05, 4.69) is 15.3 Å². The molecular formula is C16H15N3O2. The molecule has 0 bridgehead atoms. The average molecular weight is 281 g/mol. The maximum atomic E-state index is 12.1. The van der Waals surface area contributed by atoms with E-state index in [1.807, 2.05) is 31.2 Å². The number of para-hydroxylation sites is 1. The van der Waals surface area contributed by atoms with Gasteiger partial charge in [0.25, 0.3) is 11.1 Å². The lowest BCUT2D eigenvalue weighted by Crippen LogP contribution is -2.19. The van der Waals surface area contributed by atoms with E-state index < -0.39 is 0 Å². The smallest absolute Gasteiger partial charge is 0.271 e. The Labute approximate surface area is 120 Å². The van der Waals surface area contributed by atoms with Crippen molar-refractivity contribution in [1.82, 2.24) is 9.97 Å². The molecule has 3 aromatic rings. The van der Waals surface area contributed by atoms with Crippen molar-refractivity contribution in [2.75, 3.05) is 5.32 Å². The summed E-state index contributed by atoms with van der Waals surface area (Å²) in [6.45, 7) is 2.26. The summed E-state index contributed by atoms with van der Waals surface area (Å²) in [6, 6.07) is 11.1. The number of rotatable bonds is 3. The molecule has 3 N–H and O–H groups in total. The van der Waals surface area contributed by atoms with Crippen LogP contribution in [0.1, 0.15) is 11.1 Å². The first-order valence-electron chi connectivity index (χ1n) is 6.68. The van der Waals surface area contributed by atoms with Gasteiger partial charge in [0.05, 0.1) is 5.52 Å². The standard InChI is InChI=1S/C16H15N3O2/c1-10-4-2-5-11-8-12(15(20)19-14(10)11)9-18-13-6-3-7-17-16(13)21/h2-8,18H,9H2,1H3,(H,17,21)(H,19,20). The molecule has 0 saturated heterocycles. The molecule has 0 atom stereocenters. The van der Waals surface area contributed by atoms with Crippen LogP contribution in [-0.2, 0) is 6.54 Å². The molecular weight excluding hydrogens is 266 g/mol. The number of fused-ring (bicyclic) bond motifs is 1.